The van der Waals surface area contributed by atoms with Crippen molar-refractivity contribution in [1.82, 2.24) is 15.6 Å². The predicted molar refractivity (Wildman–Crippen MR) is 123 cm³/mol. The van der Waals surface area contributed by atoms with E-state index < -0.39 is 17.9 Å². The molecule has 1 aliphatic carbocycles. The Balaban J connectivity index is 1.77. The molecule has 1 spiro atoms. The lowest BCUT2D eigenvalue weighted by molar-refractivity contribution is -0.120. The number of hydrogen-bond acceptors (Lipinski definition) is 5. The Morgan fingerprint density at radius 3 is 2.72 bits per heavy atom. The summed E-state index contributed by atoms with van der Waals surface area (Å²) in [6.07, 6.45) is 6.88. The van der Waals surface area contributed by atoms with E-state index in [1.807, 2.05) is 25.3 Å². The van der Waals surface area contributed by atoms with Crippen molar-refractivity contribution in [2.75, 3.05) is 6.54 Å². The molecule has 178 valence electrons. The molecule has 2 aliphatic rings. The van der Waals surface area contributed by atoms with Gasteiger partial charge >= 0.3 is 0 Å². The number of alkyl halides is 1. The van der Waals surface area contributed by atoms with E-state index in [9.17, 15) is 14.3 Å². The van der Waals surface area contributed by atoms with Gasteiger partial charge in [0.05, 0.1) is 12.1 Å². The number of carbonyl (C=O) groups excluding carboxylic acids is 1. The first-order valence-corrected chi connectivity index (χ1v) is 11.6. The van der Waals surface area contributed by atoms with Crippen LogP contribution in [-0.4, -0.2) is 46.5 Å². The molecule has 1 saturated carbocycles. The van der Waals surface area contributed by atoms with Gasteiger partial charge in [0.15, 0.2) is 0 Å². The topological polar surface area (TPSA) is 83.5 Å². The van der Waals surface area contributed by atoms with Crippen molar-refractivity contribution >= 4 is 5.91 Å². The summed E-state index contributed by atoms with van der Waals surface area (Å²) < 4.78 is 19.9. The molecule has 1 amide bonds. The lowest BCUT2D eigenvalue weighted by Gasteiger charge is -2.49. The molecule has 3 N–H and O–H groups in total. The summed E-state index contributed by atoms with van der Waals surface area (Å²) in [6.45, 7) is 10.2. The Morgan fingerprint density at radius 2 is 2.12 bits per heavy atom. The van der Waals surface area contributed by atoms with E-state index in [0.717, 1.165) is 17.5 Å². The summed E-state index contributed by atoms with van der Waals surface area (Å²) in [5.41, 5.74) is 1.68. The van der Waals surface area contributed by atoms with Crippen LogP contribution in [0.25, 0.3) is 0 Å². The Morgan fingerprint density at radius 1 is 1.41 bits per heavy atom. The first kappa shape index (κ1) is 24.6. The summed E-state index contributed by atoms with van der Waals surface area (Å²) in [7, 11) is 0. The highest BCUT2D eigenvalue weighted by atomic mass is 19.1. The van der Waals surface area contributed by atoms with Crippen molar-refractivity contribution in [2.45, 2.75) is 96.7 Å². The van der Waals surface area contributed by atoms with Gasteiger partial charge < -0.3 is 20.5 Å². The number of aliphatic hydroxyl groups excluding tert-OH is 1. The number of halogens is 1. The zero-order valence-electron chi connectivity index (χ0n) is 20.0. The standard InChI is InChI=1S/C25H38FN3O3/c1-6-7-8-20(29-16(2)30)22(31)15-27-21-13-25(11-18(26)12-25)32-23-19(21)9-17(14-28-23)10-24(3,4)5/h6-7,9,14,18,20-22,27,31H,8,10-13,15H2,1-5H3,(H,29,30)/t18-,20-,21-,22+,25+/m0/s1. The summed E-state index contributed by atoms with van der Waals surface area (Å²) >= 11 is 0. The number of carbonyl (C=O) groups is 1. The molecule has 7 heteroatoms. The Labute approximate surface area is 191 Å². The van der Waals surface area contributed by atoms with Crippen molar-refractivity contribution in [3.63, 3.8) is 0 Å². The molecule has 0 radical (unpaired) electrons. The van der Waals surface area contributed by atoms with Gasteiger partial charge in [0.25, 0.3) is 0 Å². The average Bonchev–Trinajstić information content (AvgIpc) is 2.67. The first-order valence-electron chi connectivity index (χ1n) is 11.6. The predicted octanol–water partition coefficient (Wildman–Crippen LogP) is 3.79. The number of ether oxygens (including phenoxy) is 1. The third kappa shape index (κ3) is 6.29. The lowest BCUT2D eigenvalue weighted by Crippen LogP contribution is -2.55. The summed E-state index contributed by atoms with van der Waals surface area (Å²) in [4.78, 5) is 16.2. The van der Waals surface area contributed by atoms with Gasteiger partial charge in [-0.25, -0.2) is 9.37 Å². The van der Waals surface area contributed by atoms with Crippen LogP contribution in [0.2, 0.25) is 0 Å². The number of nitrogens with one attached hydrogen (secondary N) is 2. The number of hydrogen-bond donors (Lipinski definition) is 3. The minimum absolute atomic E-state index is 0.104. The zero-order valence-corrected chi connectivity index (χ0v) is 20.0. The maximum Gasteiger partial charge on any atom is 0.218 e. The third-order valence-corrected chi connectivity index (χ3v) is 6.17. The van der Waals surface area contributed by atoms with E-state index in [4.69, 9.17) is 4.74 Å². The Bertz CT molecular complexity index is 830. The van der Waals surface area contributed by atoms with E-state index >= 15 is 0 Å². The van der Waals surface area contributed by atoms with E-state index in [1.54, 1.807) is 0 Å². The number of nitrogens with zero attached hydrogens (tertiary/aromatic N) is 1. The number of aliphatic hydroxyl groups is 1. The van der Waals surface area contributed by atoms with Crippen LogP contribution < -0.4 is 15.4 Å². The van der Waals surface area contributed by atoms with Gasteiger partial charge in [-0.3, -0.25) is 4.79 Å². The minimum atomic E-state index is -0.840. The van der Waals surface area contributed by atoms with Crippen LogP contribution in [0.1, 0.15) is 77.5 Å². The van der Waals surface area contributed by atoms with E-state index in [0.29, 0.717) is 38.1 Å². The molecule has 0 aromatic carbocycles. The molecule has 2 heterocycles. The molecule has 0 bridgehead atoms. The molecule has 1 fully saturated rings. The van der Waals surface area contributed by atoms with Crippen LogP contribution in [0.4, 0.5) is 4.39 Å². The van der Waals surface area contributed by atoms with Crippen LogP contribution in [0.5, 0.6) is 5.88 Å². The molecule has 6 nitrogen and oxygen atoms in total. The van der Waals surface area contributed by atoms with Crippen molar-refractivity contribution in [1.29, 1.82) is 0 Å². The summed E-state index contributed by atoms with van der Waals surface area (Å²) in [5.74, 6) is 0.383. The van der Waals surface area contributed by atoms with Gasteiger partial charge in [-0.05, 0) is 36.8 Å². The monoisotopic (exact) mass is 447 g/mol. The van der Waals surface area contributed by atoms with E-state index in [1.165, 1.54) is 6.92 Å². The minimum Gasteiger partial charge on any atom is -0.471 e. The number of amides is 1. The molecule has 0 saturated heterocycles. The number of pyridine rings is 1. The van der Waals surface area contributed by atoms with E-state index in [2.05, 4.69) is 42.5 Å². The fourth-order valence-electron chi connectivity index (χ4n) is 4.73. The number of aromatic nitrogens is 1. The fourth-order valence-corrected chi connectivity index (χ4v) is 4.73. The molecule has 1 aliphatic heterocycles. The highest BCUT2D eigenvalue weighted by molar-refractivity contribution is 5.73. The molecule has 32 heavy (non-hydrogen) atoms. The summed E-state index contributed by atoms with van der Waals surface area (Å²) in [5, 5.41) is 17.1. The summed E-state index contributed by atoms with van der Waals surface area (Å²) in [6, 6.07) is 1.64. The Kier molecular flexibility index (Phi) is 7.61. The average molecular weight is 448 g/mol. The number of fused-ring (bicyclic) bond motifs is 1. The van der Waals surface area contributed by atoms with Crippen LogP contribution in [0, 0.1) is 5.41 Å². The largest absolute Gasteiger partial charge is 0.471 e. The second-order valence-corrected chi connectivity index (χ2v) is 10.6. The van der Waals surface area contributed by atoms with Crippen LogP contribution in [0.15, 0.2) is 24.4 Å². The third-order valence-electron chi connectivity index (χ3n) is 6.17. The molecular weight excluding hydrogens is 409 g/mol. The molecule has 0 unspecified atom stereocenters. The van der Waals surface area contributed by atoms with Crippen LogP contribution >= 0.6 is 0 Å². The van der Waals surface area contributed by atoms with Gasteiger partial charge in [0.1, 0.15) is 11.8 Å². The highest BCUT2D eigenvalue weighted by Crippen LogP contribution is 2.49. The second-order valence-electron chi connectivity index (χ2n) is 10.6. The first-order chi connectivity index (χ1) is 15.0. The van der Waals surface area contributed by atoms with Gasteiger partial charge in [-0.2, -0.15) is 0 Å². The second kappa shape index (κ2) is 9.87. The van der Waals surface area contributed by atoms with Crippen molar-refractivity contribution in [3.05, 3.63) is 35.5 Å². The van der Waals surface area contributed by atoms with E-state index in [-0.39, 0.29) is 23.4 Å². The lowest BCUT2D eigenvalue weighted by atomic mass is 9.72. The SMILES string of the molecule is CC=CC[C@H](NC(C)=O)[C@H](O)CN[C@H]1C[C@]2(C[C@H](F)C2)Oc2ncc(CC(C)(C)C)cc21. The quantitative estimate of drug-likeness (QED) is 0.528. The fraction of sp³-hybridized carbons (Fsp3) is 0.680. The van der Waals surface area contributed by atoms with Gasteiger partial charge in [-0.15, -0.1) is 0 Å². The highest BCUT2D eigenvalue weighted by Gasteiger charge is 2.51. The van der Waals surface area contributed by atoms with Crippen molar-refractivity contribution in [2.24, 2.45) is 5.41 Å². The zero-order chi connectivity index (χ0) is 23.5. The molecule has 3 rings (SSSR count). The van der Waals surface area contributed by atoms with Gasteiger partial charge in [-0.1, -0.05) is 32.9 Å². The number of rotatable bonds is 8. The van der Waals surface area contributed by atoms with Crippen molar-refractivity contribution < 1.29 is 19.0 Å². The molecule has 1 aromatic heterocycles. The number of allylic oxidation sites excluding steroid dienone is 1. The smallest absolute Gasteiger partial charge is 0.218 e. The maximum atomic E-state index is 13.8. The molecular formula is C25H38FN3O3. The molecule has 3 atom stereocenters. The van der Waals surface area contributed by atoms with Gasteiger partial charge in [0, 0.05) is 50.5 Å². The van der Waals surface area contributed by atoms with Crippen molar-refractivity contribution in [3.8, 4) is 5.88 Å². The Hall–Kier alpha value is -1.99. The maximum absolute atomic E-state index is 13.8. The van der Waals surface area contributed by atoms with Crippen LogP contribution in [0.3, 0.4) is 0 Å². The molecule has 1 aromatic rings. The van der Waals surface area contributed by atoms with Crippen LogP contribution in [-0.2, 0) is 11.2 Å². The normalized spacial score (nSPS) is 26.8. The van der Waals surface area contributed by atoms with Gasteiger partial charge in [0.2, 0.25) is 11.8 Å².